The first kappa shape index (κ1) is 14.6. The molecule has 0 atom stereocenters. The number of aromatic nitrogens is 1. The van der Waals surface area contributed by atoms with E-state index in [2.05, 4.69) is 15.5 Å². The van der Waals surface area contributed by atoms with Crippen LogP contribution in [0.1, 0.15) is 5.56 Å². The molecule has 3 nitrogen and oxygen atoms in total. The number of thiazole rings is 1. The lowest BCUT2D eigenvalue weighted by Crippen LogP contribution is -1.89. The summed E-state index contributed by atoms with van der Waals surface area (Å²) in [5, 5.41) is 6.61. The molecule has 7 heteroatoms. The largest absolute Gasteiger partial charge is 0.253 e. The van der Waals surface area contributed by atoms with Gasteiger partial charge in [-0.1, -0.05) is 58.3 Å². The first-order chi connectivity index (χ1) is 10.1. The fraction of sp³-hybridized carbons (Fsp3) is 0. The molecule has 0 aliphatic carbocycles. The molecule has 21 heavy (non-hydrogen) atoms. The third-order valence-electron chi connectivity index (χ3n) is 2.66. The summed E-state index contributed by atoms with van der Waals surface area (Å²) < 4.78 is 0.914. The van der Waals surface area contributed by atoms with E-state index < -0.39 is 0 Å². The molecule has 0 saturated carbocycles. The van der Waals surface area contributed by atoms with Crippen LogP contribution < -0.4 is 5.43 Å². The maximum atomic E-state index is 6.10. The summed E-state index contributed by atoms with van der Waals surface area (Å²) >= 11 is 19.3. The smallest absolute Gasteiger partial charge is 0.204 e. The summed E-state index contributed by atoms with van der Waals surface area (Å²) in [5.74, 6) is 0. The van der Waals surface area contributed by atoms with Crippen molar-refractivity contribution in [1.29, 1.82) is 0 Å². The second kappa shape index (κ2) is 6.20. The first-order valence-corrected chi connectivity index (χ1v) is 7.87. The van der Waals surface area contributed by atoms with Crippen molar-refractivity contribution < 1.29 is 0 Å². The second-order valence-electron chi connectivity index (χ2n) is 4.17. The van der Waals surface area contributed by atoms with Crippen LogP contribution in [0.4, 0.5) is 5.13 Å². The normalized spacial score (nSPS) is 11.4. The van der Waals surface area contributed by atoms with E-state index in [4.69, 9.17) is 34.8 Å². The van der Waals surface area contributed by atoms with Gasteiger partial charge in [0.05, 0.1) is 15.9 Å². The van der Waals surface area contributed by atoms with Crippen molar-refractivity contribution in [1.82, 2.24) is 4.98 Å². The maximum absolute atomic E-state index is 6.10. The fourth-order valence-corrected chi connectivity index (χ4v) is 3.38. The molecule has 0 aliphatic rings. The van der Waals surface area contributed by atoms with Gasteiger partial charge in [0.2, 0.25) is 5.13 Å². The summed E-state index contributed by atoms with van der Waals surface area (Å²) in [5.41, 5.74) is 4.54. The highest BCUT2D eigenvalue weighted by atomic mass is 35.5. The van der Waals surface area contributed by atoms with Crippen LogP contribution in [0.2, 0.25) is 15.1 Å². The molecule has 3 aromatic rings. The van der Waals surface area contributed by atoms with Crippen LogP contribution in [0, 0.1) is 0 Å². The topological polar surface area (TPSA) is 37.3 Å². The van der Waals surface area contributed by atoms with Gasteiger partial charge in [-0.15, -0.1) is 0 Å². The van der Waals surface area contributed by atoms with Gasteiger partial charge in [-0.2, -0.15) is 5.10 Å². The number of benzene rings is 2. The highest BCUT2D eigenvalue weighted by molar-refractivity contribution is 7.22. The lowest BCUT2D eigenvalue weighted by Gasteiger charge is -1.94. The summed E-state index contributed by atoms with van der Waals surface area (Å²) in [7, 11) is 0. The Hall–Kier alpha value is -1.33. The summed E-state index contributed by atoms with van der Waals surface area (Å²) in [4.78, 5) is 4.38. The predicted octanol–water partition coefficient (Wildman–Crippen LogP) is 5.70. The highest BCUT2D eigenvalue weighted by Crippen LogP contribution is 2.33. The van der Waals surface area contributed by atoms with E-state index in [-0.39, 0.29) is 0 Å². The molecule has 1 heterocycles. The van der Waals surface area contributed by atoms with Gasteiger partial charge in [0.25, 0.3) is 0 Å². The molecular formula is C14H8Cl3N3S. The van der Waals surface area contributed by atoms with E-state index in [0.717, 1.165) is 15.8 Å². The molecule has 1 N–H and O–H groups in total. The van der Waals surface area contributed by atoms with Crippen LogP contribution in [-0.4, -0.2) is 11.2 Å². The standard InChI is InChI=1S/C14H8Cl3N3S/c15-9-3-1-8(2-4-9)7-18-20-14-19-13-11(17)5-10(16)6-12(13)21-14/h1-7H,(H,19,20). The summed E-state index contributed by atoms with van der Waals surface area (Å²) in [6.07, 6.45) is 1.69. The second-order valence-corrected chi connectivity index (χ2v) is 6.49. The van der Waals surface area contributed by atoms with Crippen molar-refractivity contribution in [2.75, 3.05) is 5.43 Å². The molecule has 0 fully saturated rings. The minimum absolute atomic E-state index is 0.531. The minimum atomic E-state index is 0.531. The molecule has 106 valence electrons. The molecule has 0 unspecified atom stereocenters. The van der Waals surface area contributed by atoms with E-state index in [1.807, 2.05) is 30.3 Å². The lowest BCUT2D eigenvalue weighted by molar-refractivity contribution is 1.31. The Bertz CT molecular complexity index is 812. The number of anilines is 1. The first-order valence-electron chi connectivity index (χ1n) is 5.92. The quantitative estimate of drug-likeness (QED) is 0.482. The molecule has 0 amide bonds. The third-order valence-corrected chi connectivity index (χ3v) is 4.32. The van der Waals surface area contributed by atoms with Crippen molar-refractivity contribution in [2.45, 2.75) is 0 Å². The molecule has 0 spiro atoms. The van der Waals surface area contributed by atoms with E-state index in [1.54, 1.807) is 12.3 Å². The minimum Gasteiger partial charge on any atom is -0.253 e. The van der Waals surface area contributed by atoms with Crippen molar-refractivity contribution in [3.8, 4) is 0 Å². The SMILES string of the molecule is Clc1ccc(C=NNc2nc3c(Cl)cc(Cl)cc3s2)cc1. The van der Waals surface area contributed by atoms with Crippen LogP contribution in [-0.2, 0) is 0 Å². The molecule has 0 bridgehead atoms. The monoisotopic (exact) mass is 355 g/mol. The van der Waals surface area contributed by atoms with Crippen LogP contribution >= 0.6 is 46.1 Å². The summed E-state index contributed by atoms with van der Waals surface area (Å²) in [6, 6.07) is 10.9. The Kier molecular flexibility index (Phi) is 4.31. The molecule has 0 saturated heterocycles. The van der Waals surface area contributed by atoms with E-state index in [1.165, 1.54) is 11.3 Å². The zero-order chi connectivity index (χ0) is 14.8. The van der Waals surface area contributed by atoms with Gasteiger partial charge in [0, 0.05) is 10.0 Å². The number of halogens is 3. The average molecular weight is 357 g/mol. The number of hydrazone groups is 1. The van der Waals surface area contributed by atoms with Crippen LogP contribution in [0.3, 0.4) is 0 Å². The van der Waals surface area contributed by atoms with E-state index >= 15 is 0 Å². The van der Waals surface area contributed by atoms with Crippen molar-refractivity contribution in [3.63, 3.8) is 0 Å². The number of fused-ring (bicyclic) bond motifs is 1. The van der Waals surface area contributed by atoms with E-state index in [9.17, 15) is 0 Å². The Morgan fingerprint density at radius 1 is 1.05 bits per heavy atom. The Labute approximate surface area is 140 Å². The molecule has 0 radical (unpaired) electrons. The molecule has 3 rings (SSSR count). The Balaban J connectivity index is 1.79. The molecular weight excluding hydrogens is 349 g/mol. The van der Waals surface area contributed by atoms with Gasteiger partial charge in [-0.05, 0) is 29.8 Å². The molecule has 0 aliphatic heterocycles. The number of rotatable bonds is 3. The third kappa shape index (κ3) is 3.47. The number of nitrogens with zero attached hydrogens (tertiary/aromatic N) is 2. The van der Waals surface area contributed by atoms with Crippen LogP contribution in [0.15, 0.2) is 41.5 Å². The highest BCUT2D eigenvalue weighted by Gasteiger charge is 2.08. The fourth-order valence-electron chi connectivity index (χ4n) is 1.72. The van der Waals surface area contributed by atoms with Crippen molar-refractivity contribution in [3.05, 3.63) is 57.0 Å². The van der Waals surface area contributed by atoms with Gasteiger partial charge >= 0.3 is 0 Å². The number of nitrogens with one attached hydrogen (secondary N) is 1. The molecule has 2 aromatic carbocycles. The van der Waals surface area contributed by atoms with Gasteiger partial charge in [0.15, 0.2) is 0 Å². The number of hydrogen-bond acceptors (Lipinski definition) is 4. The average Bonchev–Trinajstić information content (AvgIpc) is 2.84. The van der Waals surface area contributed by atoms with Crippen LogP contribution in [0.5, 0.6) is 0 Å². The zero-order valence-electron chi connectivity index (χ0n) is 10.5. The van der Waals surface area contributed by atoms with Crippen LogP contribution in [0.25, 0.3) is 10.2 Å². The lowest BCUT2D eigenvalue weighted by atomic mass is 10.2. The molecule has 1 aromatic heterocycles. The van der Waals surface area contributed by atoms with Gasteiger partial charge in [0.1, 0.15) is 5.52 Å². The number of hydrogen-bond donors (Lipinski definition) is 1. The van der Waals surface area contributed by atoms with Gasteiger partial charge in [-0.3, -0.25) is 5.43 Å². The van der Waals surface area contributed by atoms with Crippen molar-refractivity contribution >= 4 is 67.7 Å². The van der Waals surface area contributed by atoms with Crippen molar-refractivity contribution in [2.24, 2.45) is 5.10 Å². The Morgan fingerprint density at radius 3 is 2.57 bits per heavy atom. The zero-order valence-corrected chi connectivity index (χ0v) is 13.6. The predicted molar refractivity (Wildman–Crippen MR) is 92.3 cm³/mol. The van der Waals surface area contributed by atoms with Gasteiger partial charge < -0.3 is 0 Å². The maximum Gasteiger partial charge on any atom is 0.204 e. The Morgan fingerprint density at radius 2 is 1.81 bits per heavy atom. The van der Waals surface area contributed by atoms with Gasteiger partial charge in [-0.25, -0.2) is 4.98 Å². The van der Waals surface area contributed by atoms with E-state index in [0.29, 0.717) is 20.2 Å². The summed E-state index contributed by atoms with van der Waals surface area (Å²) in [6.45, 7) is 0.